The van der Waals surface area contributed by atoms with Crippen molar-refractivity contribution < 1.29 is 23.5 Å². The number of aryl methyl sites for hydroxylation is 1. The van der Waals surface area contributed by atoms with Gasteiger partial charge in [0, 0.05) is 11.8 Å². The maximum atomic E-state index is 13.3. The zero-order valence-corrected chi connectivity index (χ0v) is 18.5. The fourth-order valence-electron chi connectivity index (χ4n) is 3.78. The minimum Gasteiger partial charge on any atom is -0.497 e. The highest BCUT2D eigenvalue weighted by molar-refractivity contribution is 6.22. The standard InChI is InChI=1S/C25H25N3O5/c1-3-17-9-11-18(12-10-17)26-23(29)15-22-24(30)28(19-6-4-7-20(14-19)32-2)25(31)27(22)16-21-8-5-13-33-21/h4-14,22H,3,15-16H2,1-2H3,(H,26,29)/t22-/m1/s1. The van der Waals surface area contributed by atoms with Crippen molar-refractivity contribution in [1.82, 2.24) is 4.90 Å². The van der Waals surface area contributed by atoms with Gasteiger partial charge in [0.1, 0.15) is 17.6 Å². The van der Waals surface area contributed by atoms with Gasteiger partial charge in [-0.2, -0.15) is 0 Å². The molecule has 0 saturated carbocycles. The molecule has 8 heteroatoms. The lowest BCUT2D eigenvalue weighted by molar-refractivity contribution is -0.124. The van der Waals surface area contributed by atoms with Crippen LogP contribution in [-0.2, 0) is 22.6 Å². The Morgan fingerprint density at radius 3 is 2.55 bits per heavy atom. The highest BCUT2D eigenvalue weighted by Gasteiger charge is 2.47. The number of nitrogens with one attached hydrogen (secondary N) is 1. The zero-order chi connectivity index (χ0) is 23.4. The van der Waals surface area contributed by atoms with Crippen LogP contribution in [0, 0.1) is 0 Å². The van der Waals surface area contributed by atoms with E-state index in [4.69, 9.17) is 9.15 Å². The Labute approximate surface area is 191 Å². The Kier molecular flexibility index (Phi) is 6.44. The first-order valence-electron chi connectivity index (χ1n) is 10.7. The number of hydrogen-bond donors (Lipinski definition) is 1. The van der Waals surface area contributed by atoms with E-state index in [1.54, 1.807) is 36.4 Å². The molecule has 2 aromatic carbocycles. The van der Waals surface area contributed by atoms with E-state index in [9.17, 15) is 14.4 Å². The van der Waals surface area contributed by atoms with Crippen LogP contribution < -0.4 is 15.0 Å². The van der Waals surface area contributed by atoms with E-state index in [2.05, 4.69) is 12.2 Å². The van der Waals surface area contributed by atoms with Crippen molar-refractivity contribution in [3.63, 3.8) is 0 Å². The molecule has 1 fully saturated rings. The van der Waals surface area contributed by atoms with Gasteiger partial charge >= 0.3 is 6.03 Å². The minimum atomic E-state index is -0.969. The minimum absolute atomic E-state index is 0.0706. The lowest BCUT2D eigenvalue weighted by atomic mass is 10.1. The Morgan fingerprint density at radius 1 is 1.09 bits per heavy atom. The molecule has 170 valence electrons. The third-order valence-corrected chi connectivity index (χ3v) is 5.56. The van der Waals surface area contributed by atoms with Crippen LogP contribution in [0.15, 0.2) is 71.3 Å². The fraction of sp³-hybridized carbons (Fsp3) is 0.240. The number of benzene rings is 2. The van der Waals surface area contributed by atoms with Gasteiger partial charge in [-0.25, -0.2) is 9.69 Å². The summed E-state index contributed by atoms with van der Waals surface area (Å²) >= 11 is 0. The van der Waals surface area contributed by atoms with Gasteiger partial charge in [-0.1, -0.05) is 25.1 Å². The smallest absolute Gasteiger partial charge is 0.332 e. The zero-order valence-electron chi connectivity index (χ0n) is 18.5. The summed E-state index contributed by atoms with van der Waals surface area (Å²) in [5.41, 5.74) is 2.17. The monoisotopic (exact) mass is 447 g/mol. The fourth-order valence-corrected chi connectivity index (χ4v) is 3.78. The second kappa shape index (κ2) is 9.60. The highest BCUT2D eigenvalue weighted by Crippen LogP contribution is 2.30. The van der Waals surface area contributed by atoms with Crippen LogP contribution in [0.1, 0.15) is 24.7 Å². The number of rotatable bonds is 8. The molecule has 1 aromatic heterocycles. The van der Waals surface area contributed by atoms with E-state index in [1.807, 2.05) is 24.3 Å². The van der Waals surface area contributed by atoms with Crippen molar-refractivity contribution in [2.45, 2.75) is 32.4 Å². The van der Waals surface area contributed by atoms with Crippen molar-refractivity contribution in [2.24, 2.45) is 0 Å². The highest BCUT2D eigenvalue weighted by atomic mass is 16.5. The van der Waals surface area contributed by atoms with Gasteiger partial charge in [-0.15, -0.1) is 0 Å². The van der Waals surface area contributed by atoms with Gasteiger partial charge in [0.2, 0.25) is 5.91 Å². The van der Waals surface area contributed by atoms with Crippen LogP contribution in [0.25, 0.3) is 0 Å². The van der Waals surface area contributed by atoms with Crippen LogP contribution in [0.5, 0.6) is 5.75 Å². The molecule has 0 aliphatic carbocycles. The van der Waals surface area contributed by atoms with Gasteiger partial charge in [0.25, 0.3) is 5.91 Å². The molecule has 0 bridgehead atoms. The molecule has 0 radical (unpaired) electrons. The topological polar surface area (TPSA) is 92.1 Å². The molecule has 4 rings (SSSR count). The molecule has 0 spiro atoms. The number of urea groups is 1. The van der Waals surface area contributed by atoms with Crippen LogP contribution >= 0.6 is 0 Å². The van der Waals surface area contributed by atoms with Crippen molar-refractivity contribution in [3.8, 4) is 5.75 Å². The lowest BCUT2D eigenvalue weighted by Crippen LogP contribution is -2.37. The number of anilines is 2. The number of ether oxygens (including phenoxy) is 1. The van der Waals surface area contributed by atoms with Crippen LogP contribution in [0.4, 0.5) is 16.2 Å². The van der Waals surface area contributed by atoms with Crippen molar-refractivity contribution >= 4 is 29.2 Å². The Morgan fingerprint density at radius 2 is 1.88 bits per heavy atom. The van der Waals surface area contributed by atoms with E-state index >= 15 is 0 Å². The van der Waals surface area contributed by atoms with Crippen molar-refractivity contribution in [2.75, 3.05) is 17.3 Å². The third kappa shape index (κ3) is 4.74. The Hall–Kier alpha value is -4.07. The Balaban J connectivity index is 1.57. The number of carbonyl (C=O) groups excluding carboxylic acids is 3. The van der Waals surface area contributed by atoms with Crippen molar-refractivity contribution in [3.05, 3.63) is 78.3 Å². The quantitative estimate of drug-likeness (QED) is 0.522. The predicted molar refractivity (Wildman–Crippen MR) is 123 cm³/mol. The summed E-state index contributed by atoms with van der Waals surface area (Å²) in [6, 6.07) is 16.1. The second-order valence-electron chi connectivity index (χ2n) is 7.68. The average Bonchev–Trinajstić information content (AvgIpc) is 3.42. The van der Waals surface area contributed by atoms with Crippen LogP contribution in [-0.4, -0.2) is 35.9 Å². The third-order valence-electron chi connectivity index (χ3n) is 5.56. The molecule has 8 nitrogen and oxygen atoms in total. The average molecular weight is 447 g/mol. The summed E-state index contributed by atoms with van der Waals surface area (Å²) in [6.07, 6.45) is 2.22. The molecular weight excluding hydrogens is 422 g/mol. The van der Waals surface area contributed by atoms with Crippen molar-refractivity contribution in [1.29, 1.82) is 0 Å². The van der Waals surface area contributed by atoms with Crippen LogP contribution in [0.2, 0.25) is 0 Å². The predicted octanol–water partition coefficient (Wildman–Crippen LogP) is 4.22. The van der Waals surface area contributed by atoms with E-state index in [-0.39, 0.29) is 18.9 Å². The first kappa shape index (κ1) is 22.1. The molecule has 4 amide bonds. The normalized spacial score (nSPS) is 15.8. The van der Waals surface area contributed by atoms with Gasteiger partial charge in [0.15, 0.2) is 0 Å². The number of amides is 4. The number of methoxy groups -OCH3 is 1. The molecule has 3 aromatic rings. The van der Waals surface area contributed by atoms with E-state index in [0.29, 0.717) is 22.9 Å². The summed E-state index contributed by atoms with van der Waals surface area (Å²) in [6.45, 7) is 2.12. The number of nitrogens with zero attached hydrogens (tertiary/aromatic N) is 2. The molecular formula is C25H25N3O5. The Bertz CT molecular complexity index is 1140. The molecule has 2 heterocycles. The van der Waals surface area contributed by atoms with E-state index < -0.39 is 18.0 Å². The van der Waals surface area contributed by atoms with Gasteiger partial charge in [-0.05, 0) is 48.4 Å². The molecule has 1 saturated heterocycles. The maximum Gasteiger partial charge on any atom is 0.332 e. The number of carbonyl (C=O) groups is 3. The maximum absolute atomic E-state index is 13.3. The number of furan rings is 1. The van der Waals surface area contributed by atoms with Gasteiger partial charge < -0.3 is 19.4 Å². The molecule has 33 heavy (non-hydrogen) atoms. The largest absolute Gasteiger partial charge is 0.497 e. The van der Waals surface area contributed by atoms with Crippen LogP contribution in [0.3, 0.4) is 0 Å². The molecule has 1 atom stereocenters. The van der Waals surface area contributed by atoms with Gasteiger partial charge in [-0.3, -0.25) is 9.59 Å². The molecule has 1 N–H and O–H groups in total. The molecule has 1 aliphatic rings. The SMILES string of the molecule is CCc1ccc(NC(=O)C[C@@H]2C(=O)N(c3cccc(OC)c3)C(=O)N2Cc2ccco2)cc1. The second-order valence-corrected chi connectivity index (χ2v) is 7.68. The van der Waals surface area contributed by atoms with E-state index in [0.717, 1.165) is 16.9 Å². The summed E-state index contributed by atoms with van der Waals surface area (Å²) in [4.78, 5) is 41.9. The summed E-state index contributed by atoms with van der Waals surface area (Å²) in [7, 11) is 1.51. The summed E-state index contributed by atoms with van der Waals surface area (Å²) in [5, 5.41) is 2.82. The van der Waals surface area contributed by atoms with E-state index in [1.165, 1.54) is 18.3 Å². The first-order valence-corrected chi connectivity index (χ1v) is 10.7. The summed E-state index contributed by atoms with van der Waals surface area (Å²) in [5.74, 6) is 0.199. The molecule has 0 unspecified atom stereocenters. The van der Waals surface area contributed by atoms with Gasteiger partial charge in [0.05, 0.1) is 32.0 Å². The lowest BCUT2D eigenvalue weighted by Gasteiger charge is -2.20. The molecule has 1 aliphatic heterocycles. The summed E-state index contributed by atoms with van der Waals surface area (Å²) < 4.78 is 10.6. The number of imide groups is 1. The first-order chi connectivity index (χ1) is 16.0. The number of hydrogen-bond acceptors (Lipinski definition) is 5.